The standard InChI is InChI=1S/C10H13N2O/c1-8(10(11)13)5-6-9-4-2-3-7-12-9/h2-4,6-8H,5H2,1H3,(H2,11,13). The Morgan fingerprint density at radius 3 is 3.00 bits per heavy atom. The summed E-state index contributed by atoms with van der Waals surface area (Å²) < 4.78 is 0. The molecule has 1 aromatic rings. The maximum absolute atomic E-state index is 10.7. The van der Waals surface area contributed by atoms with Crippen LogP contribution in [0.15, 0.2) is 24.4 Å². The third kappa shape index (κ3) is 3.23. The number of primary amides is 1. The van der Waals surface area contributed by atoms with Gasteiger partial charge in [-0.1, -0.05) is 13.0 Å². The molecule has 0 saturated carbocycles. The molecule has 1 rings (SSSR count). The van der Waals surface area contributed by atoms with Crippen LogP contribution in [-0.2, 0) is 4.79 Å². The molecule has 0 aliphatic heterocycles. The normalized spacial score (nSPS) is 12.4. The Morgan fingerprint density at radius 2 is 2.46 bits per heavy atom. The van der Waals surface area contributed by atoms with Gasteiger partial charge in [-0.25, -0.2) is 0 Å². The molecule has 1 radical (unpaired) electrons. The molecule has 2 N–H and O–H groups in total. The summed E-state index contributed by atoms with van der Waals surface area (Å²) in [6.07, 6.45) is 4.28. The van der Waals surface area contributed by atoms with Gasteiger partial charge in [-0.15, -0.1) is 0 Å². The predicted molar refractivity (Wildman–Crippen MR) is 50.6 cm³/mol. The molecule has 1 amide bonds. The monoisotopic (exact) mass is 177 g/mol. The van der Waals surface area contributed by atoms with Gasteiger partial charge in [0.25, 0.3) is 0 Å². The highest BCUT2D eigenvalue weighted by molar-refractivity contribution is 5.76. The molecule has 0 spiro atoms. The summed E-state index contributed by atoms with van der Waals surface area (Å²) in [7, 11) is 0. The number of hydrogen-bond acceptors (Lipinski definition) is 2. The van der Waals surface area contributed by atoms with Crippen molar-refractivity contribution in [1.29, 1.82) is 0 Å². The van der Waals surface area contributed by atoms with E-state index in [1.54, 1.807) is 6.20 Å². The maximum Gasteiger partial charge on any atom is 0.220 e. The molecule has 0 aliphatic carbocycles. The van der Waals surface area contributed by atoms with Crippen molar-refractivity contribution in [3.63, 3.8) is 0 Å². The van der Waals surface area contributed by atoms with Crippen LogP contribution in [0.4, 0.5) is 0 Å². The molecule has 13 heavy (non-hydrogen) atoms. The highest BCUT2D eigenvalue weighted by Gasteiger charge is 2.08. The Bertz CT molecular complexity index is 272. The van der Waals surface area contributed by atoms with E-state index in [9.17, 15) is 4.79 Å². The zero-order valence-corrected chi connectivity index (χ0v) is 7.60. The van der Waals surface area contributed by atoms with Crippen molar-refractivity contribution in [1.82, 2.24) is 4.98 Å². The van der Waals surface area contributed by atoms with Crippen molar-refractivity contribution in [3.8, 4) is 0 Å². The zero-order chi connectivity index (χ0) is 9.68. The Kier molecular flexibility index (Phi) is 3.43. The lowest BCUT2D eigenvalue weighted by Gasteiger charge is -2.04. The summed E-state index contributed by atoms with van der Waals surface area (Å²) in [5.74, 6) is -0.394. The van der Waals surface area contributed by atoms with Gasteiger partial charge in [0.1, 0.15) is 0 Å². The first-order valence-electron chi connectivity index (χ1n) is 4.23. The van der Waals surface area contributed by atoms with E-state index in [0.29, 0.717) is 6.42 Å². The summed E-state index contributed by atoms with van der Waals surface area (Å²) in [5.41, 5.74) is 6.01. The predicted octanol–water partition coefficient (Wildman–Crippen LogP) is 1.15. The van der Waals surface area contributed by atoms with Crippen molar-refractivity contribution in [2.24, 2.45) is 11.7 Å². The van der Waals surface area contributed by atoms with Crippen LogP contribution in [0.5, 0.6) is 0 Å². The van der Waals surface area contributed by atoms with Crippen LogP contribution >= 0.6 is 0 Å². The van der Waals surface area contributed by atoms with Crippen molar-refractivity contribution >= 4 is 5.91 Å². The fourth-order valence-corrected chi connectivity index (χ4v) is 0.910. The summed E-state index contributed by atoms with van der Waals surface area (Å²) in [6.45, 7) is 1.81. The van der Waals surface area contributed by atoms with Gasteiger partial charge < -0.3 is 5.73 Å². The van der Waals surface area contributed by atoms with Crippen LogP contribution in [0.2, 0.25) is 0 Å². The Morgan fingerprint density at radius 1 is 1.69 bits per heavy atom. The molecule has 3 heteroatoms. The van der Waals surface area contributed by atoms with E-state index in [-0.39, 0.29) is 11.8 Å². The summed E-state index contributed by atoms with van der Waals surface area (Å²) >= 11 is 0. The lowest BCUT2D eigenvalue weighted by molar-refractivity contribution is -0.121. The van der Waals surface area contributed by atoms with Crippen molar-refractivity contribution in [2.45, 2.75) is 13.3 Å². The summed E-state index contributed by atoms with van der Waals surface area (Å²) in [4.78, 5) is 14.8. The minimum Gasteiger partial charge on any atom is -0.369 e. The van der Waals surface area contributed by atoms with Crippen molar-refractivity contribution in [2.75, 3.05) is 0 Å². The second-order valence-corrected chi connectivity index (χ2v) is 3.00. The third-order valence-electron chi connectivity index (χ3n) is 1.85. The number of carbonyl (C=O) groups is 1. The first-order chi connectivity index (χ1) is 6.20. The van der Waals surface area contributed by atoms with Crippen LogP contribution in [0.25, 0.3) is 0 Å². The maximum atomic E-state index is 10.7. The minimum absolute atomic E-state index is 0.123. The molecule has 1 unspecified atom stereocenters. The number of nitrogens with zero attached hydrogens (tertiary/aromatic N) is 1. The highest BCUT2D eigenvalue weighted by Crippen LogP contribution is 2.08. The van der Waals surface area contributed by atoms with Crippen LogP contribution in [-0.4, -0.2) is 10.9 Å². The van der Waals surface area contributed by atoms with E-state index in [0.717, 1.165) is 5.69 Å². The van der Waals surface area contributed by atoms with E-state index in [2.05, 4.69) is 4.98 Å². The first kappa shape index (κ1) is 9.71. The number of nitrogens with two attached hydrogens (primary N) is 1. The summed E-state index contributed by atoms with van der Waals surface area (Å²) in [5, 5.41) is 0. The number of pyridine rings is 1. The molecular formula is C10H13N2O. The number of hydrogen-bond donors (Lipinski definition) is 1. The molecule has 0 aliphatic rings. The molecule has 0 aromatic carbocycles. The lowest BCUT2D eigenvalue weighted by atomic mass is 10.0. The molecule has 1 heterocycles. The third-order valence-corrected chi connectivity index (χ3v) is 1.85. The van der Waals surface area contributed by atoms with E-state index >= 15 is 0 Å². The van der Waals surface area contributed by atoms with Gasteiger partial charge >= 0.3 is 0 Å². The molecular weight excluding hydrogens is 164 g/mol. The quantitative estimate of drug-likeness (QED) is 0.749. The Hall–Kier alpha value is -1.38. The van der Waals surface area contributed by atoms with Gasteiger partial charge in [0.05, 0.1) is 0 Å². The van der Waals surface area contributed by atoms with Gasteiger partial charge in [-0.3, -0.25) is 9.78 Å². The van der Waals surface area contributed by atoms with Crippen LogP contribution < -0.4 is 5.73 Å². The lowest BCUT2D eigenvalue weighted by Crippen LogP contribution is -2.20. The fourth-order valence-electron chi connectivity index (χ4n) is 0.910. The van der Waals surface area contributed by atoms with E-state index in [1.807, 2.05) is 31.5 Å². The Labute approximate surface area is 78.0 Å². The van der Waals surface area contributed by atoms with Gasteiger partial charge in [0, 0.05) is 24.2 Å². The number of carbonyl (C=O) groups excluding carboxylic acids is 1. The smallest absolute Gasteiger partial charge is 0.220 e. The molecule has 0 fully saturated rings. The van der Waals surface area contributed by atoms with E-state index in [1.165, 1.54) is 0 Å². The van der Waals surface area contributed by atoms with Crippen molar-refractivity contribution in [3.05, 3.63) is 36.5 Å². The van der Waals surface area contributed by atoms with Crippen LogP contribution in [0, 0.1) is 12.3 Å². The van der Waals surface area contributed by atoms with Gasteiger partial charge in [-0.05, 0) is 18.6 Å². The number of rotatable bonds is 4. The highest BCUT2D eigenvalue weighted by atomic mass is 16.1. The number of aromatic nitrogens is 1. The molecule has 0 saturated heterocycles. The molecule has 1 atom stereocenters. The number of amides is 1. The van der Waals surface area contributed by atoms with Gasteiger partial charge in [-0.2, -0.15) is 0 Å². The topological polar surface area (TPSA) is 56.0 Å². The molecule has 69 valence electrons. The molecule has 0 bridgehead atoms. The first-order valence-corrected chi connectivity index (χ1v) is 4.23. The average molecular weight is 177 g/mol. The zero-order valence-electron chi connectivity index (χ0n) is 7.60. The van der Waals surface area contributed by atoms with Gasteiger partial charge in [0.2, 0.25) is 5.91 Å². The van der Waals surface area contributed by atoms with E-state index in [4.69, 9.17) is 5.73 Å². The molecule has 3 nitrogen and oxygen atoms in total. The van der Waals surface area contributed by atoms with Crippen LogP contribution in [0.1, 0.15) is 19.0 Å². The summed E-state index contributed by atoms with van der Waals surface area (Å²) in [6, 6.07) is 5.66. The second kappa shape index (κ2) is 4.60. The molecule has 1 aromatic heterocycles. The SMILES string of the molecule is CC(C[CH]c1ccccn1)C(N)=O. The van der Waals surface area contributed by atoms with E-state index < -0.39 is 0 Å². The fraction of sp³-hybridized carbons (Fsp3) is 0.300. The van der Waals surface area contributed by atoms with Crippen molar-refractivity contribution < 1.29 is 4.79 Å². The van der Waals surface area contributed by atoms with Crippen LogP contribution in [0.3, 0.4) is 0 Å². The minimum atomic E-state index is -0.271. The van der Waals surface area contributed by atoms with Gasteiger partial charge in [0.15, 0.2) is 0 Å². The second-order valence-electron chi connectivity index (χ2n) is 3.00. The average Bonchev–Trinajstić information content (AvgIpc) is 2.15. The largest absolute Gasteiger partial charge is 0.369 e. The Balaban J connectivity index is 2.39.